The lowest BCUT2D eigenvalue weighted by atomic mass is 10.0. The van der Waals surface area contributed by atoms with E-state index in [0.29, 0.717) is 5.13 Å². The fourth-order valence-electron chi connectivity index (χ4n) is 1.74. The van der Waals surface area contributed by atoms with Gasteiger partial charge in [-0.3, -0.25) is 4.79 Å². The van der Waals surface area contributed by atoms with E-state index in [-0.39, 0.29) is 12.3 Å². The van der Waals surface area contributed by atoms with Crippen molar-refractivity contribution in [3.63, 3.8) is 0 Å². The predicted molar refractivity (Wildman–Crippen MR) is 84.7 cm³/mol. The first-order valence-electron chi connectivity index (χ1n) is 6.27. The Balaban J connectivity index is 1.92. The summed E-state index contributed by atoms with van der Waals surface area (Å²) < 4.78 is 0. The summed E-state index contributed by atoms with van der Waals surface area (Å²) in [7, 11) is 0. The lowest BCUT2D eigenvalue weighted by molar-refractivity contribution is -0.115. The minimum atomic E-state index is -0.0987. The van der Waals surface area contributed by atoms with Crippen LogP contribution in [0.5, 0.6) is 0 Å². The van der Waals surface area contributed by atoms with E-state index in [4.69, 9.17) is 0 Å². The van der Waals surface area contributed by atoms with Crippen molar-refractivity contribution in [2.45, 2.75) is 12.8 Å². The van der Waals surface area contributed by atoms with Crippen molar-refractivity contribution in [2.75, 3.05) is 5.32 Å². The molecule has 1 heterocycles. The lowest BCUT2D eigenvalue weighted by Gasteiger charge is -2.05. The standard InChI is InChI=1S/C16H16N2OS/c1-3-7-14-11-17-16(20-14)18-15(19)10-12(2)13-8-5-4-6-9-13/h3-6,8-9,11H,1-2,7,10H2,(H,17,18,19). The number of thiazole rings is 1. The van der Waals surface area contributed by atoms with Gasteiger partial charge in [0.25, 0.3) is 0 Å². The van der Waals surface area contributed by atoms with Crippen molar-refractivity contribution in [3.05, 3.63) is 66.2 Å². The predicted octanol–water partition coefficient (Wildman–Crippen LogP) is 3.91. The number of carbonyl (C=O) groups is 1. The van der Waals surface area contributed by atoms with E-state index >= 15 is 0 Å². The second-order valence-corrected chi connectivity index (χ2v) is 5.43. The van der Waals surface area contributed by atoms with Crippen LogP contribution >= 0.6 is 11.3 Å². The molecular weight excluding hydrogens is 268 g/mol. The molecule has 3 nitrogen and oxygen atoms in total. The van der Waals surface area contributed by atoms with Crippen LogP contribution in [0, 0.1) is 0 Å². The molecule has 0 fully saturated rings. The van der Waals surface area contributed by atoms with E-state index < -0.39 is 0 Å². The molecule has 2 rings (SSSR count). The number of benzene rings is 1. The fraction of sp³-hybridized carbons (Fsp3) is 0.125. The summed E-state index contributed by atoms with van der Waals surface area (Å²) in [6.45, 7) is 7.63. The number of carbonyl (C=O) groups excluding carboxylic acids is 1. The van der Waals surface area contributed by atoms with Crippen LogP contribution in [0.2, 0.25) is 0 Å². The Morgan fingerprint density at radius 3 is 2.80 bits per heavy atom. The molecule has 1 amide bonds. The summed E-state index contributed by atoms with van der Waals surface area (Å²) in [5, 5.41) is 3.41. The van der Waals surface area contributed by atoms with Gasteiger partial charge in [0.05, 0.1) is 6.42 Å². The number of hydrogen-bond donors (Lipinski definition) is 1. The number of hydrogen-bond acceptors (Lipinski definition) is 3. The molecule has 0 aliphatic rings. The Morgan fingerprint density at radius 2 is 2.10 bits per heavy atom. The Labute approximate surface area is 122 Å². The van der Waals surface area contributed by atoms with E-state index in [1.807, 2.05) is 36.4 Å². The van der Waals surface area contributed by atoms with Crippen molar-refractivity contribution in [2.24, 2.45) is 0 Å². The van der Waals surface area contributed by atoms with E-state index in [2.05, 4.69) is 23.5 Å². The number of amides is 1. The molecule has 0 radical (unpaired) electrons. The minimum absolute atomic E-state index is 0.0987. The Bertz CT molecular complexity index is 616. The van der Waals surface area contributed by atoms with Gasteiger partial charge in [-0.15, -0.1) is 17.9 Å². The normalized spacial score (nSPS) is 10.0. The number of anilines is 1. The van der Waals surface area contributed by atoms with Crippen molar-refractivity contribution in [1.29, 1.82) is 0 Å². The molecule has 0 bridgehead atoms. The van der Waals surface area contributed by atoms with E-state index in [0.717, 1.165) is 22.4 Å². The highest BCUT2D eigenvalue weighted by molar-refractivity contribution is 7.15. The molecule has 0 spiro atoms. The maximum Gasteiger partial charge on any atom is 0.230 e. The van der Waals surface area contributed by atoms with Gasteiger partial charge in [-0.25, -0.2) is 4.98 Å². The first kappa shape index (κ1) is 14.2. The summed E-state index contributed by atoms with van der Waals surface area (Å²) in [6.07, 6.45) is 4.61. The monoisotopic (exact) mass is 284 g/mol. The van der Waals surface area contributed by atoms with Crippen molar-refractivity contribution < 1.29 is 4.79 Å². The number of allylic oxidation sites excluding steroid dienone is 1. The van der Waals surface area contributed by atoms with Crippen LogP contribution in [0.3, 0.4) is 0 Å². The zero-order chi connectivity index (χ0) is 14.4. The first-order chi connectivity index (χ1) is 9.69. The second-order valence-electron chi connectivity index (χ2n) is 4.32. The third-order valence-corrected chi connectivity index (χ3v) is 3.64. The molecular formula is C16H16N2OS. The molecule has 0 saturated heterocycles. The molecule has 2 aromatic rings. The zero-order valence-corrected chi connectivity index (χ0v) is 12.0. The van der Waals surface area contributed by atoms with Crippen LogP contribution in [0.1, 0.15) is 16.9 Å². The Hall–Kier alpha value is -2.20. The van der Waals surface area contributed by atoms with Gasteiger partial charge < -0.3 is 5.32 Å². The molecule has 0 saturated carbocycles. The van der Waals surface area contributed by atoms with Crippen molar-refractivity contribution in [3.8, 4) is 0 Å². The lowest BCUT2D eigenvalue weighted by Crippen LogP contribution is -2.11. The van der Waals surface area contributed by atoms with Gasteiger partial charge in [0.15, 0.2) is 5.13 Å². The van der Waals surface area contributed by atoms with E-state index in [1.165, 1.54) is 11.3 Å². The van der Waals surface area contributed by atoms with Crippen LogP contribution in [-0.4, -0.2) is 10.9 Å². The third kappa shape index (κ3) is 3.90. The molecule has 1 N–H and O–H groups in total. The highest BCUT2D eigenvalue weighted by Gasteiger charge is 2.09. The zero-order valence-electron chi connectivity index (χ0n) is 11.1. The maximum atomic E-state index is 11.9. The minimum Gasteiger partial charge on any atom is -0.302 e. The molecule has 1 aromatic heterocycles. The maximum absolute atomic E-state index is 11.9. The smallest absolute Gasteiger partial charge is 0.230 e. The SMILES string of the molecule is C=CCc1cnc(NC(=O)CC(=C)c2ccccc2)s1. The number of aromatic nitrogens is 1. The van der Waals surface area contributed by atoms with Gasteiger partial charge in [-0.05, 0) is 11.1 Å². The molecule has 0 aliphatic carbocycles. The number of nitrogens with one attached hydrogen (secondary N) is 1. The summed E-state index contributed by atoms with van der Waals surface area (Å²) in [6, 6.07) is 9.69. The Morgan fingerprint density at radius 1 is 1.35 bits per heavy atom. The molecule has 1 aromatic carbocycles. The first-order valence-corrected chi connectivity index (χ1v) is 7.09. The van der Waals surface area contributed by atoms with Crippen LogP contribution in [0.4, 0.5) is 5.13 Å². The largest absolute Gasteiger partial charge is 0.302 e. The van der Waals surface area contributed by atoms with Crippen LogP contribution in [0.25, 0.3) is 5.57 Å². The van der Waals surface area contributed by atoms with Gasteiger partial charge in [0.1, 0.15) is 0 Å². The molecule has 0 unspecified atom stereocenters. The van der Waals surface area contributed by atoms with Gasteiger partial charge in [-0.1, -0.05) is 43.0 Å². The van der Waals surface area contributed by atoms with Gasteiger partial charge in [-0.2, -0.15) is 0 Å². The van der Waals surface area contributed by atoms with Crippen molar-refractivity contribution in [1.82, 2.24) is 4.98 Å². The summed E-state index contributed by atoms with van der Waals surface area (Å²) >= 11 is 1.46. The fourth-order valence-corrected chi connectivity index (χ4v) is 2.56. The Kier molecular flexibility index (Phi) is 4.85. The molecule has 4 heteroatoms. The van der Waals surface area contributed by atoms with Crippen LogP contribution in [0.15, 0.2) is 55.8 Å². The third-order valence-electron chi connectivity index (χ3n) is 2.70. The highest BCUT2D eigenvalue weighted by Crippen LogP contribution is 2.21. The summed E-state index contributed by atoms with van der Waals surface area (Å²) in [5.41, 5.74) is 1.78. The molecule has 20 heavy (non-hydrogen) atoms. The van der Waals surface area contributed by atoms with Crippen molar-refractivity contribution >= 4 is 27.9 Å². The van der Waals surface area contributed by atoms with E-state index in [9.17, 15) is 4.79 Å². The van der Waals surface area contributed by atoms with Crippen LogP contribution < -0.4 is 5.32 Å². The number of nitrogens with zero attached hydrogens (tertiary/aromatic N) is 1. The highest BCUT2D eigenvalue weighted by atomic mass is 32.1. The van der Waals surface area contributed by atoms with Gasteiger partial charge in [0, 0.05) is 17.5 Å². The molecule has 0 aliphatic heterocycles. The molecule has 0 atom stereocenters. The summed E-state index contributed by atoms with van der Waals surface area (Å²) in [5.74, 6) is -0.0987. The average Bonchev–Trinajstić information content (AvgIpc) is 2.87. The second kappa shape index (κ2) is 6.82. The average molecular weight is 284 g/mol. The molecule has 102 valence electrons. The topological polar surface area (TPSA) is 42.0 Å². The van der Waals surface area contributed by atoms with Gasteiger partial charge >= 0.3 is 0 Å². The van der Waals surface area contributed by atoms with Crippen LogP contribution in [-0.2, 0) is 11.2 Å². The van der Waals surface area contributed by atoms with Gasteiger partial charge in [0.2, 0.25) is 5.91 Å². The van der Waals surface area contributed by atoms with E-state index in [1.54, 1.807) is 6.20 Å². The number of rotatable bonds is 6. The quantitative estimate of drug-likeness (QED) is 0.817. The summed E-state index contributed by atoms with van der Waals surface area (Å²) in [4.78, 5) is 17.2.